The molecular formula is C13H16Br2N2O3. The van der Waals surface area contributed by atoms with Crippen LogP contribution in [0.4, 0.5) is 10.5 Å². The molecule has 2 amide bonds. The molecule has 0 aliphatic rings. The molecule has 1 aromatic carbocycles. The van der Waals surface area contributed by atoms with Gasteiger partial charge in [-0.2, -0.15) is 0 Å². The van der Waals surface area contributed by atoms with Gasteiger partial charge in [0, 0.05) is 15.0 Å². The zero-order valence-electron chi connectivity index (χ0n) is 11.0. The van der Waals surface area contributed by atoms with Gasteiger partial charge in [-0.25, -0.2) is 4.79 Å². The van der Waals surface area contributed by atoms with Gasteiger partial charge in [0.1, 0.15) is 0 Å². The lowest BCUT2D eigenvalue weighted by Crippen LogP contribution is -2.39. The van der Waals surface area contributed by atoms with Gasteiger partial charge in [-0.1, -0.05) is 29.3 Å². The Bertz CT molecular complexity index is 495. The van der Waals surface area contributed by atoms with Crippen LogP contribution in [-0.4, -0.2) is 23.1 Å². The second kappa shape index (κ2) is 8.26. The quantitative estimate of drug-likeness (QED) is 0.667. The summed E-state index contributed by atoms with van der Waals surface area (Å²) in [6, 6.07) is 4.63. The van der Waals surface area contributed by atoms with Crippen LogP contribution in [0.15, 0.2) is 27.1 Å². The Morgan fingerprint density at radius 3 is 2.65 bits per heavy atom. The number of carboxylic acid groups (broad SMARTS) is 1. The Kier molecular flexibility index (Phi) is 7.01. The molecule has 1 aromatic rings. The number of carbonyl (C=O) groups is 2. The highest BCUT2D eigenvalue weighted by molar-refractivity contribution is 9.11. The number of urea groups is 1. The molecule has 0 saturated carbocycles. The first-order valence-electron chi connectivity index (χ1n) is 6.16. The van der Waals surface area contributed by atoms with E-state index < -0.39 is 12.0 Å². The zero-order chi connectivity index (χ0) is 15.1. The third-order valence-corrected chi connectivity index (χ3v) is 3.75. The van der Waals surface area contributed by atoms with E-state index in [9.17, 15) is 9.59 Å². The SMILES string of the molecule is CCCC(CC(=O)O)NC(=O)Nc1cc(Br)ccc1Br. The first-order chi connectivity index (χ1) is 9.42. The number of hydrogen-bond acceptors (Lipinski definition) is 2. The highest BCUT2D eigenvalue weighted by atomic mass is 79.9. The van der Waals surface area contributed by atoms with E-state index in [2.05, 4.69) is 42.5 Å². The minimum Gasteiger partial charge on any atom is -0.481 e. The normalized spacial score (nSPS) is 11.8. The van der Waals surface area contributed by atoms with E-state index in [0.717, 1.165) is 15.4 Å². The molecule has 0 spiro atoms. The van der Waals surface area contributed by atoms with E-state index in [1.165, 1.54) is 0 Å². The number of anilines is 1. The van der Waals surface area contributed by atoms with Crippen LogP contribution in [-0.2, 0) is 4.79 Å². The van der Waals surface area contributed by atoms with Crippen molar-refractivity contribution in [2.75, 3.05) is 5.32 Å². The molecule has 20 heavy (non-hydrogen) atoms. The van der Waals surface area contributed by atoms with E-state index in [1.807, 2.05) is 13.0 Å². The molecule has 1 unspecified atom stereocenters. The van der Waals surface area contributed by atoms with Crippen LogP contribution >= 0.6 is 31.9 Å². The fraction of sp³-hybridized carbons (Fsp3) is 0.385. The molecule has 3 N–H and O–H groups in total. The molecular weight excluding hydrogens is 392 g/mol. The van der Waals surface area contributed by atoms with E-state index in [4.69, 9.17) is 5.11 Å². The van der Waals surface area contributed by atoms with Crippen LogP contribution in [0.2, 0.25) is 0 Å². The molecule has 0 aliphatic heterocycles. The van der Waals surface area contributed by atoms with Crippen molar-refractivity contribution >= 4 is 49.5 Å². The first-order valence-corrected chi connectivity index (χ1v) is 7.75. The Morgan fingerprint density at radius 2 is 2.05 bits per heavy atom. The summed E-state index contributed by atoms with van der Waals surface area (Å²) in [5, 5.41) is 14.2. The number of amides is 2. The summed E-state index contributed by atoms with van der Waals surface area (Å²) in [4.78, 5) is 22.6. The molecule has 0 fully saturated rings. The maximum Gasteiger partial charge on any atom is 0.319 e. The van der Waals surface area contributed by atoms with E-state index >= 15 is 0 Å². The summed E-state index contributed by atoms with van der Waals surface area (Å²) in [5.41, 5.74) is 0.613. The van der Waals surface area contributed by atoms with Crippen LogP contribution in [0, 0.1) is 0 Å². The Hall–Kier alpha value is -1.08. The van der Waals surface area contributed by atoms with Crippen molar-refractivity contribution in [2.24, 2.45) is 0 Å². The van der Waals surface area contributed by atoms with E-state index in [-0.39, 0.29) is 12.5 Å². The minimum atomic E-state index is -0.924. The minimum absolute atomic E-state index is 0.0824. The summed E-state index contributed by atoms with van der Waals surface area (Å²) >= 11 is 6.66. The summed E-state index contributed by atoms with van der Waals surface area (Å²) in [7, 11) is 0. The van der Waals surface area contributed by atoms with Crippen LogP contribution in [0.25, 0.3) is 0 Å². The Balaban J connectivity index is 2.65. The van der Waals surface area contributed by atoms with Crippen molar-refractivity contribution in [1.29, 1.82) is 0 Å². The van der Waals surface area contributed by atoms with Crippen LogP contribution in [0.3, 0.4) is 0 Å². The van der Waals surface area contributed by atoms with Gasteiger partial charge in [-0.15, -0.1) is 0 Å². The summed E-state index contributed by atoms with van der Waals surface area (Å²) in [6.07, 6.45) is 1.35. The Labute approximate surface area is 134 Å². The monoisotopic (exact) mass is 406 g/mol. The molecule has 0 saturated heterocycles. The van der Waals surface area contributed by atoms with E-state index in [0.29, 0.717) is 12.1 Å². The fourth-order valence-electron chi connectivity index (χ4n) is 1.72. The average molecular weight is 408 g/mol. The maximum atomic E-state index is 11.9. The highest BCUT2D eigenvalue weighted by Gasteiger charge is 2.15. The molecule has 0 heterocycles. The van der Waals surface area contributed by atoms with Crippen LogP contribution in [0.5, 0.6) is 0 Å². The van der Waals surface area contributed by atoms with Crippen molar-refractivity contribution in [2.45, 2.75) is 32.2 Å². The average Bonchev–Trinajstić information content (AvgIpc) is 2.33. The molecule has 5 nitrogen and oxygen atoms in total. The van der Waals surface area contributed by atoms with Gasteiger partial charge in [0.25, 0.3) is 0 Å². The van der Waals surface area contributed by atoms with Crippen molar-refractivity contribution in [3.05, 3.63) is 27.1 Å². The van der Waals surface area contributed by atoms with Gasteiger partial charge in [0.15, 0.2) is 0 Å². The predicted octanol–water partition coefficient (Wildman–Crippen LogP) is 3.98. The molecule has 7 heteroatoms. The number of carboxylic acids is 1. The third kappa shape index (κ3) is 5.92. The molecule has 0 radical (unpaired) electrons. The summed E-state index contributed by atoms with van der Waals surface area (Å²) in [6.45, 7) is 1.94. The van der Waals surface area contributed by atoms with E-state index in [1.54, 1.807) is 12.1 Å². The van der Waals surface area contributed by atoms with Crippen molar-refractivity contribution in [3.63, 3.8) is 0 Å². The number of rotatable bonds is 6. The van der Waals surface area contributed by atoms with Gasteiger partial charge in [-0.3, -0.25) is 4.79 Å². The van der Waals surface area contributed by atoms with Crippen LogP contribution < -0.4 is 10.6 Å². The number of nitrogens with one attached hydrogen (secondary N) is 2. The molecule has 0 aromatic heterocycles. The molecule has 1 atom stereocenters. The number of halogens is 2. The highest BCUT2D eigenvalue weighted by Crippen LogP contribution is 2.26. The third-order valence-electron chi connectivity index (χ3n) is 2.57. The van der Waals surface area contributed by atoms with Gasteiger partial charge in [0.2, 0.25) is 0 Å². The lowest BCUT2D eigenvalue weighted by molar-refractivity contribution is -0.137. The van der Waals surface area contributed by atoms with Crippen molar-refractivity contribution in [3.8, 4) is 0 Å². The largest absolute Gasteiger partial charge is 0.481 e. The summed E-state index contributed by atoms with van der Waals surface area (Å²) in [5.74, 6) is -0.924. The smallest absolute Gasteiger partial charge is 0.319 e. The number of hydrogen-bond donors (Lipinski definition) is 3. The Morgan fingerprint density at radius 1 is 1.35 bits per heavy atom. The second-order valence-electron chi connectivity index (χ2n) is 4.31. The van der Waals surface area contributed by atoms with Crippen molar-refractivity contribution in [1.82, 2.24) is 5.32 Å². The molecule has 0 aliphatic carbocycles. The first kappa shape index (κ1) is 17.0. The van der Waals surface area contributed by atoms with Crippen LogP contribution in [0.1, 0.15) is 26.2 Å². The fourth-order valence-corrected chi connectivity index (χ4v) is 2.43. The maximum absolute atomic E-state index is 11.9. The molecule has 0 bridgehead atoms. The standard InChI is InChI=1S/C13H16Br2N2O3/c1-2-3-9(7-12(18)19)16-13(20)17-11-6-8(14)4-5-10(11)15/h4-6,9H,2-3,7H2,1H3,(H,18,19)(H2,16,17,20). The van der Waals surface area contributed by atoms with Gasteiger partial charge < -0.3 is 15.7 Å². The second-order valence-corrected chi connectivity index (χ2v) is 6.08. The number of carbonyl (C=O) groups excluding carboxylic acids is 1. The topological polar surface area (TPSA) is 78.4 Å². The summed E-state index contributed by atoms with van der Waals surface area (Å²) < 4.78 is 1.59. The zero-order valence-corrected chi connectivity index (χ0v) is 14.1. The van der Waals surface area contributed by atoms with Gasteiger partial charge in [0.05, 0.1) is 12.1 Å². The number of benzene rings is 1. The number of aliphatic carboxylic acids is 1. The molecule has 110 valence electrons. The lowest BCUT2D eigenvalue weighted by atomic mass is 10.1. The van der Waals surface area contributed by atoms with Gasteiger partial charge in [-0.05, 0) is 40.5 Å². The molecule has 1 rings (SSSR count). The van der Waals surface area contributed by atoms with Gasteiger partial charge >= 0.3 is 12.0 Å². The predicted molar refractivity (Wildman–Crippen MR) is 84.9 cm³/mol. The van der Waals surface area contributed by atoms with Crippen molar-refractivity contribution < 1.29 is 14.7 Å². The lowest BCUT2D eigenvalue weighted by Gasteiger charge is -2.17.